The van der Waals surface area contributed by atoms with E-state index >= 15 is 0 Å². The highest BCUT2D eigenvalue weighted by molar-refractivity contribution is 5.71. The van der Waals surface area contributed by atoms with Gasteiger partial charge in [0.15, 0.2) is 0 Å². The summed E-state index contributed by atoms with van der Waals surface area (Å²) >= 11 is 0. The number of benzene rings is 2. The second-order valence-corrected chi connectivity index (χ2v) is 6.53. The molecule has 0 spiro atoms. The van der Waals surface area contributed by atoms with E-state index in [1.165, 1.54) is 0 Å². The van der Waals surface area contributed by atoms with E-state index in [1.807, 2.05) is 54.6 Å². The lowest BCUT2D eigenvalue weighted by atomic mass is 9.83. The third-order valence-electron chi connectivity index (χ3n) is 4.69. The molecule has 1 aliphatic heterocycles. The van der Waals surface area contributed by atoms with Crippen molar-refractivity contribution in [3.63, 3.8) is 0 Å². The Morgan fingerprint density at radius 3 is 2.61 bits per heavy atom. The molecule has 0 saturated heterocycles. The number of aromatic amines is 1. The van der Waals surface area contributed by atoms with Crippen LogP contribution in [0.5, 0.6) is 11.6 Å². The van der Waals surface area contributed by atoms with Crippen molar-refractivity contribution in [2.24, 2.45) is 5.73 Å². The molecule has 1 aromatic heterocycles. The molecular weight excluding hydrogens is 352 g/mol. The first-order valence-corrected chi connectivity index (χ1v) is 9.17. The lowest BCUT2D eigenvalue weighted by molar-refractivity contribution is 0.317. The van der Waals surface area contributed by atoms with E-state index in [-0.39, 0.29) is 11.8 Å². The highest BCUT2D eigenvalue weighted by Crippen LogP contribution is 2.45. The number of aromatic nitrogens is 2. The maximum Gasteiger partial charge on any atom is 0.244 e. The van der Waals surface area contributed by atoms with E-state index in [9.17, 15) is 5.26 Å². The highest BCUT2D eigenvalue weighted by atomic mass is 16.5. The zero-order valence-electron chi connectivity index (χ0n) is 15.5. The maximum atomic E-state index is 9.72. The van der Waals surface area contributed by atoms with Crippen molar-refractivity contribution in [2.45, 2.75) is 19.3 Å². The number of ether oxygens (including phenoxy) is 2. The molecule has 3 aromatic rings. The van der Waals surface area contributed by atoms with Crippen LogP contribution in [0.3, 0.4) is 0 Å². The number of nitrogens with one attached hydrogen (secondary N) is 1. The van der Waals surface area contributed by atoms with Crippen molar-refractivity contribution in [2.75, 3.05) is 6.61 Å². The zero-order chi connectivity index (χ0) is 19.5. The van der Waals surface area contributed by atoms with Crippen molar-refractivity contribution < 1.29 is 9.47 Å². The summed E-state index contributed by atoms with van der Waals surface area (Å²) in [6.45, 7) is 2.75. The molecule has 0 bridgehead atoms. The molecule has 2 heterocycles. The van der Waals surface area contributed by atoms with Crippen LogP contribution >= 0.6 is 0 Å². The first kappa shape index (κ1) is 17.7. The molecule has 0 aliphatic carbocycles. The van der Waals surface area contributed by atoms with Crippen LogP contribution in [0.25, 0.3) is 11.3 Å². The van der Waals surface area contributed by atoms with Crippen LogP contribution in [0.4, 0.5) is 0 Å². The molecule has 2 aromatic carbocycles. The molecule has 1 atom stereocenters. The number of allylic oxidation sites excluding steroid dienone is 1. The Hall–Kier alpha value is -3.72. The maximum absolute atomic E-state index is 9.72. The summed E-state index contributed by atoms with van der Waals surface area (Å²) in [5.41, 5.74) is 9.88. The SMILES string of the molecule is CCCOc1ccc(-c2[nH]nc3c2[C@@H](c2ccccc2)C(C#N)=C(N)O3)cc1. The summed E-state index contributed by atoms with van der Waals surface area (Å²) in [6.07, 6.45) is 0.955. The summed E-state index contributed by atoms with van der Waals surface area (Å²) < 4.78 is 11.3. The summed E-state index contributed by atoms with van der Waals surface area (Å²) in [7, 11) is 0. The molecule has 6 heteroatoms. The van der Waals surface area contributed by atoms with Gasteiger partial charge in [-0.15, -0.1) is 5.10 Å². The second-order valence-electron chi connectivity index (χ2n) is 6.53. The topological polar surface area (TPSA) is 97.0 Å². The normalized spacial score (nSPS) is 15.5. The summed E-state index contributed by atoms with van der Waals surface area (Å²) in [6, 6.07) is 19.8. The van der Waals surface area contributed by atoms with Crippen molar-refractivity contribution in [3.8, 4) is 29.0 Å². The molecule has 1 aliphatic rings. The Morgan fingerprint density at radius 1 is 1.18 bits per heavy atom. The minimum Gasteiger partial charge on any atom is -0.494 e. The first-order valence-electron chi connectivity index (χ1n) is 9.17. The molecular formula is C22H20N4O2. The molecule has 28 heavy (non-hydrogen) atoms. The minimum absolute atomic E-state index is 0.0882. The molecule has 0 fully saturated rings. The first-order chi connectivity index (χ1) is 13.7. The van der Waals surface area contributed by atoms with Crippen molar-refractivity contribution in [3.05, 3.63) is 77.2 Å². The van der Waals surface area contributed by atoms with Gasteiger partial charge in [0, 0.05) is 5.56 Å². The lowest BCUT2D eigenvalue weighted by Gasteiger charge is -2.24. The molecule has 0 unspecified atom stereocenters. The van der Waals surface area contributed by atoms with Gasteiger partial charge in [0.1, 0.15) is 17.4 Å². The number of hydrogen-bond acceptors (Lipinski definition) is 5. The molecule has 140 valence electrons. The fourth-order valence-electron chi connectivity index (χ4n) is 3.38. The molecule has 4 rings (SSSR count). The Balaban J connectivity index is 1.80. The largest absolute Gasteiger partial charge is 0.494 e. The van der Waals surface area contributed by atoms with Crippen molar-refractivity contribution in [1.82, 2.24) is 10.2 Å². The van der Waals surface area contributed by atoms with Crippen LogP contribution in [0.1, 0.15) is 30.4 Å². The number of nitrogens with zero attached hydrogens (tertiary/aromatic N) is 2. The molecule has 0 amide bonds. The fourth-order valence-corrected chi connectivity index (χ4v) is 3.38. The van der Waals surface area contributed by atoms with Crippen LogP contribution in [0.2, 0.25) is 0 Å². The van der Waals surface area contributed by atoms with Gasteiger partial charge in [-0.3, -0.25) is 5.10 Å². The minimum atomic E-state index is -0.347. The van der Waals surface area contributed by atoms with Gasteiger partial charge in [0.25, 0.3) is 0 Å². The molecule has 3 N–H and O–H groups in total. The number of hydrogen-bond donors (Lipinski definition) is 2. The molecule has 6 nitrogen and oxygen atoms in total. The molecule has 0 saturated carbocycles. The van der Waals surface area contributed by atoms with E-state index in [2.05, 4.69) is 23.2 Å². The van der Waals surface area contributed by atoms with Crippen LogP contribution < -0.4 is 15.2 Å². The average Bonchev–Trinajstić information content (AvgIpc) is 3.15. The lowest BCUT2D eigenvalue weighted by Crippen LogP contribution is -2.20. The number of H-pyrrole nitrogens is 1. The number of nitrogens with two attached hydrogens (primary N) is 1. The zero-order valence-corrected chi connectivity index (χ0v) is 15.5. The van der Waals surface area contributed by atoms with Crippen LogP contribution in [-0.2, 0) is 0 Å². The van der Waals surface area contributed by atoms with E-state index in [1.54, 1.807) is 0 Å². The van der Waals surface area contributed by atoms with Crippen LogP contribution in [-0.4, -0.2) is 16.8 Å². The number of fused-ring (bicyclic) bond motifs is 1. The molecule has 0 radical (unpaired) electrons. The van der Waals surface area contributed by atoms with Gasteiger partial charge in [-0.1, -0.05) is 37.3 Å². The van der Waals surface area contributed by atoms with Gasteiger partial charge in [0.2, 0.25) is 11.8 Å². The quantitative estimate of drug-likeness (QED) is 0.703. The van der Waals surface area contributed by atoms with Gasteiger partial charge in [-0.05, 0) is 36.2 Å². The van der Waals surface area contributed by atoms with Gasteiger partial charge in [-0.25, -0.2) is 0 Å². The van der Waals surface area contributed by atoms with Gasteiger partial charge >= 0.3 is 0 Å². The van der Waals surface area contributed by atoms with E-state index in [4.69, 9.17) is 15.2 Å². The predicted octanol–water partition coefficient (Wildman–Crippen LogP) is 4.08. The van der Waals surface area contributed by atoms with Crippen LogP contribution in [0.15, 0.2) is 66.1 Å². The smallest absolute Gasteiger partial charge is 0.244 e. The predicted molar refractivity (Wildman–Crippen MR) is 106 cm³/mol. The summed E-state index contributed by atoms with van der Waals surface area (Å²) in [5, 5.41) is 17.1. The van der Waals surface area contributed by atoms with Gasteiger partial charge in [0.05, 0.1) is 23.8 Å². The third kappa shape index (κ3) is 3.08. The Bertz CT molecular complexity index is 1050. The second kappa shape index (κ2) is 7.49. The van der Waals surface area contributed by atoms with Crippen molar-refractivity contribution >= 4 is 0 Å². The van der Waals surface area contributed by atoms with Gasteiger partial charge < -0.3 is 15.2 Å². The van der Waals surface area contributed by atoms with E-state index in [0.717, 1.165) is 34.6 Å². The monoisotopic (exact) mass is 372 g/mol. The average molecular weight is 372 g/mol. The van der Waals surface area contributed by atoms with E-state index in [0.29, 0.717) is 18.1 Å². The third-order valence-corrected chi connectivity index (χ3v) is 4.69. The summed E-state index contributed by atoms with van der Waals surface area (Å²) in [5.74, 6) is 0.952. The fraction of sp³-hybridized carbons (Fsp3) is 0.182. The number of nitriles is 1. The Morgan fingerprint density at radius 2 is 1.93 bits per heavy atom. The summed E-state index contributed by atoms with van der Waals surface area (Å²) in [4.78, 5) is 0. The Kier molecular flexibility index (Phi) is 4.73. The van der Waals surface area contributed by atoms with Crippen LogP contribution in [0, 0.1) is 11.3 Å². The Labute approximate surface area is 163 Å². The highest BCUT2D eigenvalue weighted by Gasteiger charge is 2.35. The van der Waals surface area contributed by atoms with Crippen molar-refractivity contribution in [1.29, 1.82) is 5.26 Å². The standard InChI is InChI=1S/C22H20N4O2/c1-2-12-27-16-10-8-15(9-11-16)20-19-18(14-6-4-3-5-7-14)17(13-23)21(24)28-22(19)26-25-20/h3-11,18H,2,12,24H2,1H3,(H,25,26)/t18-/m0/s1. The van der Waals surface area contributed by atoms with Gasteiger partial charge in [-0.2, -0.15) is 5.26 Å². The van der Waals surface area contributed by atoms with E-state index < -0.39 is 0 Å². The number of rotatable bonds is 5.